The van der Waals surface area contributed by atoms with Gasteiger partial charge in [-0.25, -0.2) is 0 Å². The van der Waals surface area contributed by atoms with Crippen LogP contribution in [0.1, 0.15) is 33.3 Å². The molecule has 0 aliphatic carbocycles. The number of aryl methyl sites for hydroxylation is 1. The van der Waals surface area contributed by atoms with E-state index in [2.05, 4.69) is 57.6 Å². The number of quaternary nitrogens is 2. The first kappa shape index (κ1) is 18.7. The van der Waals surface area contributed by atoms with E-state index >= 15 is 0 Å². The van der Waals surface area contributed by atoms with E-state index in [1.165, 1.54) is 10.5 Å². The highest BCUT2D eigenvalue weighted by Crippen LogP contribution is 2.10. The normalized spacial score (nSPS) is 13.2. The zero-order chi connectivity index (χ0) is 16.8. The summed E-state index contributed by atoms with van der Waals surface area (Å²) in [6, 6.07) is 7.99. The topological polar surface area (TPSA) is 50.1 Å². The van der Waals surface area contributed by atoms with Crippen molar-refractivity contribution in [3.8, 4) is 0 Å². The molecule has 4 heteroatoms. The number of benzene rings is 1. The fourth-order valence-electron chi connectivity index (χ4n) is 2.71. The molecule has 0 aliphatic heterocycles. The van der Waals surface area contributed by atoms with Crippen LogP contribution in [0.4, 0.5) is 5.69 Å². The Labute approximate surface area is 135 Å². The molecule has 0 unspecified atom stereocenters. The number of hydrogen-bond acceptors (Lipinski definition) is 1. The smallest absolute Gasteiger partial charge is 0.282 e. The molecule has 0 saturated carbocycles. The molecular weight excluding hydrogens is 274 g/mol. The van der Waals surface area contributed by atoms with Crippen molar-refractivity contribution in [2.45, 2.75) is 40.2 Å². The van der Waals surface area contributed by atoms with Gasteiger partial charge in [-0.05, 0) is 44.9 Å². The Morgan fingerprint density at radius 2 is 1.86 bits per heavy atom. The summed E-state index contributed by atoms with van der Waals surface area (Å²) in [4.78, 5) is 13.7. The molecule has 0 bridgehead atoms. The molecule has 4 nitrogen and oxygen atoms in total. The fraction of sp³-hybridized carbons (Fsp3) is 0.611. The van der Waals surface area contributed by atoms with Crippen LogP contribution in [-0.4, -0.2) is 39.1 Å². The summed E-state index contributed by atoms with van der Waals surface area (Å²) in [6.07, 6.45) is 1.02. The Morgan fingerprint density at radius 1 is 1.27 bits per heavy atom. The largest absolute Gasteiger partial charge is 0.339 e. The summed E-state index contributed by atoms with van der Waals surface area (Å²) in [5, 5.41) is 5.13. The minimum Gasteiger partial charge on any atom is -0.339 e. The summed E-state index contributed by atoms with van der Waals surface area (Å²) in [6.45, 7) is 10.6. The van der Waals surface area contributed by atoms with Gasteiger partial charge in [0.1, 0.15) is 0 Å². The van der Waals surface area contributed by atoms with E-state index in [9.17, 15) is 4.79 Å². The Kier molecular flexibility index (Phi) is 7.04. The second-order valence-corrected chi connectivity index (χ2v) is 7.32. The molecule has 4 N–H and O–H groups in total. The molecule has 1 rings (SSSR count). The van der Waals surface area contributed by atoms with Crippen LogP contribution in [-0.2, 0) is 11.2 Å². The third-order valence-corrected chi connectivity index (χ3v) is 3.90. The minimum atomic E-state index is -0.0812. The molecule has 124 valence electrons. The number of anilines is 1. The summed E-state index contributed by atoms with van der Waals surface area (Å²) in [7, 11) is 4.33. The van der Waals surface area contributed by atoms with Crippen LogP contribution >= 0.6 is 0 Å². The Morgan fingerprint density at radius 3 is 2.36 bits per heavy atom. The number of rotatable bonds is 8. The van der Waals surface area contributed by atoms with Gasteiger partial charge in [-0.15, -0.1) is 0 Å². The highest BCUT2D eigenvalue weighted by Gasteiger charge is 2.26. The van der Waals surface area contributed by atoms with Crippen LogP contribution in [0.2, 0.25) is 0 Å². The number of hydrogen-bond donors (Lipinski definition) is 3. The van der Waals surface area contributed by atoms with Crippen molar-refractivity contribution in [1.82, 2.24) is 0 Å². The van der Waals surface area contributed by atoms with Gasteiger partial charge < -0.3 is 15.5 Å². The van der Waals surface area contributed by atoms with Crippen molar-refractivity contribution in [1.29, 1.82) is 0 Å². The summed E-state index contributed by atoms with van der Waals surface area (Å²) < 4.78 is 0. The van der Waals surface area contributed by atoms with Crippen molar-refractivity contribution in [3.05, 3.63) is 29.8 Å². The zero-order valence-corrected chi connectivity index (χ0v) is 15.0. The standard InChI is InChI=1S/C18H31N3O/c1-7-15-8-10-16(11-9-15)20-17(22)14(2)19-12-18(3,4)13-21(5)6/h8-11,14,19H,7,12-13H2,1-6H3,(H,20,22)/p+2/t14-/m0/s1. The average molecular weight is 307 g/mol. The van der Waals surface area contributed by atoms with E-state index in [1.54, 1.807) is 0 Å². The maximum atomic E-state index is 12.3. The quantitative estimate of drug-likeness (QED) is 0.636. The predicted octanol–water partition coefficient (Wildman–Crippen LogP) is 0.310. The van der Waals surface area contributed by atoms with Crippen molar-refractivity contribution in [2.75, 3.05) is 32.5 Å². The lowest BCUT2D eigenvalue weighted by Crippen LogP contribution is -3.08. The number of nitrogens with one attached hydrogen (secondary N) is 2. The van der Waals surface area contributed by atoms with E-state index in [0.29, 0.717) is 0 Å². The molecule has 0 heterocycles. The van der Waals surface area contributed by atoms with Gasteiger partial charge in [-0.1, -0.05) is 19.1 Å². The molecule has 0 radical (unpaired) electrons. The molecule has 0 aliphatic rings. The third-order valence-electron chi connectivity index (χ3n) is 3.90. The first-order chi connectivity index (χ1) is 10.2. The van der Waals surface area contributed by atoms with Gasteiger partial charge in [0.15, 0.2) is 6.04 Å². The highest BCUT2D eigenvalue weighted by atomic mass is 16.2. The third kappa shape index (κ3) is 6.58. The predicted molar refractivity (Wildman–Crippen MR) is 92.2 cm³/mol. The summed E-state index contributed by atoms with van der Waals surface area (Å²) in [5.41, 5.74) is 2.38. The fourth-order valence-corrected chi connectivity index (χ4v) is 2.71. The van der Waals surface area contributed by atoms with Crippen LogP contribution in [0.3, 0.4) is 0 Å². The minimum absolute atomic E-state index is 0.0669. The SMILES string of the molecule is CCc1ccc(NC(=O)[C@H](C)[NH2+]CC(C)(C)C[NH+](C)C)cc1. The molecule has 0 saturated heterocycles. The second-order valence-electron chi connectivity index (χ2n) is 7.32. The van der Waals surface area contributed by atoms with E-state index in [4.69, 9.17) is 0 Å². The van der Waals surface area contributed by atoms with E-state index in [0.717, 1.165) is 25.2 Å². The molecule has 1 aromatic carbocycles. The number of carbonyl (C=O) groups excluding carboxylic acids is 1. The number of carbonyl (C=O) groups is 1. The van der Waals surface area contributed by atoms with E-state index < -0.39 is 0 Å². The van der Waals surface area contributed by atoms with E-state index in [-0.39, 0.29) is 17.4 Å². The maximum Gasteiger partial charge on any atom is 0.282 e. The monoisotopic (exact) mass is 307 g/mol. The molecule has 1 atom stereocenters. The second kappa shape index (κ2) is 8.30. The van der Waals surface area contributed by atoms with Crippen molar-refractivity contribution >= 4 is 11.6 Å². The molecular formula is C18H33N3O+2. The van der Waals surface area contributed by atoms with Crippen molar-refractivity contribution in [3.63, 3.8) is 0 Å². The van der Waals surface area contributed by atoms with Crippen LogP contribution in [0.15, 0.2) is 24.3 Å². The van der Waals surface area contributed by atoms with Crippen LogP contribution in [0.25, 0.3) is 0 Å². The molecule has 22 heavy (non-hydrogen) atoms. The van der Waals surface area contributed by atoms with E-state index in [1.807, 2.05) is 19.1 Å². The Hall–Kier alpha value is -1.39. The van der Waals surface area contributed by atoms with Gasteiger partial charge in [-0.3, -0.25) is 4.79 Å². The van der Waals surface area contributed by atoms with Gasteiger partial charge >= 0.3 is 0 Å². The van der Waals surface area contributed by atoms with Crippen LogP contribution in [0, 0.1) is 5.41 Å². The maximum absolute atomic E-state index is 12.3. The molecule has 0 aromatic heterocycles. The first-order valence-electron chi connectivity index (χ1n) is 8.25. The first-order valence-corrected chi connectivity index (χ1v) is 8.25. The van der Waals surface area contributed by atoms with Gasteiger partial charge in [0.05, 0.1) is 32.6 Å². The van der Waals surface area contributed by atoms with Crippen LogP contribution in [0.5, 0.6) is 0 Å². The van der Waals surface area contributed by atoms with Gasteiger partial charge in [0.25, 0.3) is 5.91 Å². The molecule has 1 amide bonds. The summed E-state index contributed by atoms with van der Waals surface area (Å²) >= 11 is 0. The lowest BCUT2D eigenvalue weighted by Gasteiger charge is -2.25. The van der Waals surface area contributed by atoms with Crippen molar-refractivity contribution in [2.24, 2.45) is 5.41 Å². The molecule has 0 spiro atoms. The van der Waals surface area contributed by atoms with Crippen molar-refractivity contribution < 1.29 is 15.0 Å². The number of amides is 1. The summed E-state index contributed by atoms with van der Waals surface area (Å²) in [5.74, 6) is 0.0669. The molecule has 1 aromatic rings. The average Bonchev–Trinajstić information content (AvgIpc) is 2.44. The molecule has 0 fully saturated rings. The zero-order valence-electron chi connectivity index (χ0n) is 15.0. The van der Waals surface area contributed by atoms with Gasteiger partial charge in [0, 0.05) is 5.69 Å². The van der Waals surface area contributed by atoms with Crippen LogP contribution < -0.4 is 15.5 Å². The Bertz CT molecular complexity index is 466. The highest BCUT2D eigenvalue weighted by molar-refractivity contribution is 5.93. The number of nitrogens with two attached hydrogens (primary N) is 1. The Balaban J connectivity index is 2.47. The van der Waals surface area contributed by atoms with Gasteiger partial charge in [0.2, 0.25) is 0 Å². The lowest BCUT2D eigenvalue weighted by molar-refractivity contribution is -0.868. The van der Waals surface area contributed by atoms with Gasteiger partial charge in [-0.2, -0.15) is 0 Å². The lowest BCUT2D eigenvalue weighted by atomic mass is 9.92.